The summed E-state index contributed by atoms with van der Waals surface area (Å²) in [7, 11) is 0. The number of nitrogen functional groups attached to an aromatic ring is 1. The lowest BCUT2D eigenvalue weighted by molar-refractivity contribution is 0.0948. The summed E-state index contributed by atoms with van der Waals surface area (Å²) in [5, 5.41) is 7.63. The van der Waals surface area contributed by atoms with E-state index in [0.29, 0.717) is 6.54 Å². The van der Waals surface area contributed by atoms with Gasteiger partial charge in [0.1, 0.15) is 0 Å². The van der Waals surface area contributed by atoms with Gasteiger partial charge in [-0.1, -0.05) is 5.21 Å². The number of ether oxygens (including phenoxy) is 1. The SMILES string of the molecule is NNC(=O)c1cn(CCN2CCCOCC2)nn1. The summed E-state index contributed by atoms with van der Waals surface area (Å²) < 4.78 is 7.03. The molecule has 0 bridgehead atoms. The standard InChI is InChI=1S/C10H18N6O2/c11-12-10(17)9-8-16(14-13-9)4-3-15-2-1-6-18-7-5-15/h8H,1-7,11H2,(H,12,17). The summed E-state index contributed by atoms with van der Waals surface area (Å²) in [5.74, 6) is 4.60. The average molecular weight is 254 g/mol. The topological polar surface area (TPSA) is 98.3 Å². The molecule has 3 N–H and O–H groups in total. The molecule has 1 aromatic rings. The Morgan fingerprint density at radius 3 is 3.17 bits per heavy atom. The van der Waals surface area contributed by atoms with Gasteiger partial charge in [0.15, 0.2) is 5.69 Å². The predicted molar refractivity (Wildman–Crippen MR) is 63.6 cm³/mol. The van der Waals surface area contributed by atoms with E-state index in [9.17, 15) is 4.79 Å². The number of nitrogens with two attached hydrogens (primary N) is 1. The summed E-state index contributed by atoms with van der Waals surface area (Å²) in [6.07, 6.45) is 2.65. The molecule has 0 atom stereocenters. The number of rotatable bonds is 4. The van der Waals surface area contributed by atoms with E-state index >= 15 is 0 Å². The first kappa shape index (κ1) is 12.9. The Morgan fingerprint density at radius 1 is 1.44 bits per heavy atom. The molecule has 1 aromatic heterocycles. The van der Waals surface area contributed by atoms with Crippen molar-refractivity contribution in [1.29, 1.82) is 0 Å². The number of carbonyl (C=O) groups excluding carboxylic acids is 1. The quantitative estimate of drug-likeness (QED) is 0.390. The minimum atomic E-state index is -0.426. The van der Waals surface area contributed by atoms with Crippen LogP contribution in [0.15, 0.2) is 6.20 Å². The van der Waals surface area contributed by atoms with Gasteiger partial charge in [-0.15, -0.1) is 5.10 Å². The molecule has 1 saturated heterocycles. The number of carbonyl (C=O) groups is 1. The Balaban J connectivity index is 1.82. The number of nitrogens with zero attached hydrogens (tertiary/aromatic N) is 4. The molecule has 2 heterocycles. The maximum absolute atomic E-state index is 11.2. The monoisotopic (exact) mass is 254 g/mol. The van der Waals surface area contributed by atoms with E-state index in [2.05, 4.69) is 15.2 Å². The second kappa shape index (κ2) is 6.43. The molecular weight excluding hydrogens is 236 g/mol. The Morgan fingerprint density at radius 2 is 2.33 bits per heavy atom. The van der Waals surface area contributed by atoms with Crippen LogP contribution < -0.4 is 11.3 Å². The van der Waals surface area contributed by atoms with E-state index < -0.39 is 5.91 Å². The molecule has 0 radical (unpaired) electrons. The van der Waals surface area contributed by atoms with Crippen LogP contribution in [0.5, 0.6) is 0 Å². The molecule has 18 heavy (non-hydrogen) atoms. The van der Waals surface area contributed by atoms with Crippen molar-refractivity contribution < 1.29 is 9.53 Å². The number of hydrogen-bond donors (Lipinski definition) is 2. The van der Waals surface area contributed by atoms with Gasteiger partial charge in [0.2, 0.25) is 0 Å². The van der Waals surface area contributed by atoms with E-state index in [1.807, 2.05) is 5.43 Å². The lowest BCUT2D eigenvalue weighted by Gasteiger charge is -2.18. The van der Waals surface area contributed by atoms with Gasteiger partial charge in [0.25, 0.3) is 5.91 Å². The van der Waals surface area contributed by atoms with Crippen LogP contribution in [0.2, 0.25) is 0 Å². The van der Waals surface area contributed by atoms with Gasteiger partial charge in [-0.2, -0.15) is 0 Å². The highest BCUT2D eigenvalue weighted by atomic mass is 16.5. The average Bonchev–Trinajstić information content (AvgIpc) is 2.71. The first-order valence-corrected chi connectivity index (χ1v) is 6.01. The normalized spacial score (nSPS) is 17.4. The minimum Gasteiger partial charge on any atom is -0.380 e. The number of aromatic nitrogens is 3. The summed E-state index contributed by atoms with van der Waals surface area (Å²) in [6, 6.07) is 0. The van der Waals surface area contributed by atoms with Crippen molar-refractivity contribution in [1.82, 2.24) is 25.3 Å². The van der Waals surface area contributed by atoms with Crippen LogP contribution >= 0.6 is 0 Å². The first-order valence-electron chi connectivity index (χ1n) is 6.01. The summed E-state index contributed by atoms with van der Waals surface area (Å²) in [4.78, 5) is 13.5. The molecule has 100 valence electrons. The van der Waals surface area contributed by atoms with Crippen molar-refractivity contribution in [3.8, 4) is 0 Å². The smallest absolute Gasteiger partial charge is 0.287 e. The van der Waals surface area contributed by atoms with E-state index in [-0.39, 0.29) is 5.69 Å². The molecule has 1 fully saturated rings. The van der Waals surface area contributed by atoms with Crippen molar-refractivity contribution in [2.45, 2.75) is 13.0 Å². The zero-order valence-electron chi connectivity index (χ0n) is 10.2. The summed E-state index contributed by atoms with van der Waals surface area (Å²) in [5.41, 5.74) is 2.26. The lowest BCUT2D eigenvalue weighted by Crippen LogP contribution is -2.30. The van der Waals surface area contributed by atoms with Crippen molar-refractivity contribution >= 4 is 5.91 Å². The fourth-order valence-corrected chi connectivity index (χ4v) is 1.85. The van der Waals surface area contributed by atoms with Crippen LogP contribution in [-0.2, 0) is 11.3 Å². The van der Waals surface area contributed by atoms with Gasteiger partial charge < -0.3 is 4.74 Å². The maximum atomic E-state index is 11.2. The highest BCUT2D eigenvalue weighted by Crippen LogP contribution is 2.00. The molecule has 2 rings (SSSR count). The van der Waals surface area contributed by atoms with Gasteiger partial charge in [0.05, 0.1) is 19.3 Å². The van der Waals surface area contributed by atoms with Crippen molar-refractivity contribution in [2.24, 2.45) is 5.84 Å². The third kappa shape index (κ3) is 3.49. The number of hydrogen-bond acceptors (Lipinski definition) is 6. The third-order valence-corrected chi connectivity index (χ3v) is 2.86. The Kier molecular flexibility index (Phi) is 4.62. The van der Waals surface area contributed by atoms with Gasteiger partial charge in [-0.05, 0) is 6.42 Å². The highest BCUT2D eigenvalue weighted by Gasteiger charge is 2.11. The van der Waals surface area contributed by atoms with Crippen molar-refractivity contribution in [3.63, 3.8) is 0 Å². The Bertz CT molecular complexity index is 385. The fourth-order valence-electron chi connectivity index (χ4n) is 1.85. The van der Waals surface area contributed by atoms with Crippen LogP contribution in [0.25, 0.3) is 0 Å². The fraction of sp³-hybridized carbons (Fsp3) is 0.700. The Hall–Kier alpha value is -1.51. The number of hydrazine groups is 1. The molecule has 0 saturated carbocycles. The molecule has 0 unspecified atom stereocenters. The molecule has 8 nitrogen and oxygen atoms in total. The third-order valence-electron chi connectivity index (χ3n) is 2.86. The number of nitrogens with one attached hydrogen (secondary N) is 1. The maximum Gasteiger partial charge on any atom is 0.287 e. The van der Waals surface area contributed by atoms with E-state index in [1.54, 1.807) is 10.9 Å². The largest absolute Gasteiger partial charge is 0.380 e. The second-order valence-corrected chi connectivity index (χ2v) is 4.15. The summed E-state index contributed by atoms with van der Waals surface area (Å²) >= 11 is 0. The van der Waals surface area contributed by atoms with Crippen molar-refractivity contribution in [2.75, 3.05) is 32.8 Å². The molecule has 0 spiro atoms. The van der Waals surface area contributed by atoms with Crippen LogP contribution in [-0.4, -0.2) is 58.6 Å². The van der Waals surface area contributed by atoms with Gasteiger partial charge in [-0.3, -0.25) is 19.8 Å². The minimum absolute atomic E-state index is 0.233. The first-order chi connectivity index (χ1) is 8.79. The molecule has 8 heteroatoms. The molecule has 1 aliphatic rings. The predicted octanol–water partition coefficient (Wildman–Crippen LogP) is -1.40. The Labute approximate surface area is 105 Å². The van der Waals surface area contributed by atoms with Gasteiger partial charge in [-0.25, -0.2) is 5.84 Å². The van der Waals surface area contributed by atoms with Crippen LogP contribution in [0.1, 0.15) is 16.9 Å². The van der Waals surface area contributed by atoms with Gasteiger partial charge in [0, 0.05) is 26.2 Å². The second-order valence-electron chi connectivity index (χ2n) is 4.15. The van der Waals surface area contributed by atoms with E-state index in [0.717, 1.165) is 39.3 Å². The van der Waals surface area contributed by atoms with Crippen LogP contribution in [0.3, 0.4) is 0 Å². The highest BCUT2D eigenvalue weighted by molar-refractivity contribution is 5.91. The lowest BCUT2D eigenvalue weighted by atomic mass is 10.4. The van der Waals surface area contributed by atoms with E-state index in [4.69, 9.17) is 10.6 Å². The molecule has 1 amide bonds. The van der Waals surface area contributed by atoms with Crippen LogP contribution in [0.4, 0.5) is 0 Å². The van der Waals surface area contributed by atoms with E-state index in [1.165, 1.54) is 0 Å². The number of amides is 1. The summed E-state index contributed by atoms with van der Waals surface area (Å²) in [6.45, 7) is 5.15. The molecule has 0 aromatic carbocycles. The zero-order valence-corrected chi connectivity index (χ0v) is 10.2. The van der Waals surface area contributed by atoms with Crippen molar-refractivity contribution in [3.05, 3.63) is 11.9 Å². The molecule has 1 aliphatic heterocycles. The molecular formula is C10H18N6O2. The molecule has 0 aliphatic carbocycles. The zero-order chi connectivity index (χ0) is 12.8. The van der Waals surface area contributed by atoms with Crippen LogP contribution in [0, 0.1) is 0 Å². The van der Waals surface area contributed by atoms with Gasteiger partial charge >= 0.3 is 0 Å².